The van der Waals surface area contributed by atoms with Crippen molar-refractivity contribution in [2.75, 3.05) is 12.4 Å². The third-order valence-electron chi connectivity index (χ3n) is 5.23. The molecule has 3 aromatic carbocycles. The lowest BCUT2D eigenvalue weighted by Crippen LogP contribution is -2.21. The van der Waals surface area contributed by atoms with Crippen LogP contribution in [0.3, 0.4) is 0 Å². The average Bonchev–Trinajstić information content (AvgIpc) is 3.28. The molecular weight excluding hydrogens is 458 g/mol. The lowest BCUT2D eigenvalue weighted by atomic mass is 10.0. The van der Waals surface area contributed by atoms with Crippen molar-refractivity contribution < 1.29 is 18.6 Å². The number of thioether (sulfide) groups is 1. The molecule has 1 aromatic heterocycles. The normalized spacial score (nSPS) is 12.3. The van der Waals surface area contributed by atoms with Crippen LogP contribution in [0.2, 0.25) is 0 Å². The summed E-state index contributed by atoms with van der Waals surface area (Å²) in [5.74, 6) is -0.427. The number of aromatic nitrogens is 4. The van der Waals surface area contributed by atoms with E-state index in [1.54, 1.807) is 28.9 Å². The van der Waals surface area contributed by atoms with Gasteiger partial charge in [-0.2, -0.15) is 4.68 Å². The minimum Gasteiger partial charge on any atom is -0.390 e. The van der Waals surface area contributed by atoms with Gasteiger partial charge in [-0.3, -0.25) is 0 Å². The zero-order valence-electron chi connectivity index (χ0n) is 18.7. The maximum atomic E-state index is 13.4. The predicted octanol–water partition coefficient (Wildman–Crippen LogP) is 4.82. The van der Waals surface area contributed by atoms with E-state index in [0.717, 1.165) is 16.8 Å². The smallest absolute Gasteiger partial charge is 0.214 e. The van der Waals surface area contributed by atoms with Crippen LogP contribution in [0, 0.1) is 25.5 Å². The van der Waals surface area contributed by atoms with Crippen LogP contribution in [-0.4, -0.2) is 43.8 Å². The second-order valence-electron chi connectivity index (χ2n) is 7.94. The zero-order valence-corrected chi connectivity index (χ0v) is 19.5. The summed E-state index contributed by atoms with van der Waals surface area (Å²) in [6.45, 7) is 4.03. The van der Waals surface area contributed by atoms with Gasteiger partial charge in [0.2, 0.25) is 5.16 Å². The van der Waals surface area contributed by atoms with Crippen LogP contribution in [0.15, 0.2) is 71.9 Å². The van der Waals surface area contributed by atoms with Crippen LogP contribution in [0.1, 0.15) is 28.4 Å². The molecule has 6 nitrogen and oxygen atoms in total. The molecule has 1 heterocycles. The van der Waals surface area contributed by atoms with Crippen LogP contribution in [0.5, 0.6) is 0 Å². The summed E-state index contributed by atoms with van der Waals surface area (Å²) in [7, 11) is 0. The van der Waals surface area contributed by atoms with Crippen LogP contribution in [0.4, 0.5) is 8.78 Å². The van der Waals surface area contributed by atoms with Crippen LogP contribution >= 0.6 is 11.8 Å². The van der Waals surface area contributed by atoms with E-state index in [-0.39, 0.29) is 18.2 Å². The van der Waals surface area contributed by atoms with Crippen LogP contribution < -0.4 is 0 Å². The number of nitrogens with zero attached hydrogens (tertiary/aromatic N) is 4. The fourth-order valence-corrected chi connectivity index (χ4v) is 4.34. The molecule has 0 fully saturated rings. The molecule has 0 spiro atoms. The first kappa shape index (κ1) is 24.0. The molecule has 0 bridgehead atoms. The highest BCUT2D eigenvalue weighted by molar-refractivity contribution is 7.99. The Morgan fingerprint density at radius 3 is 2.15 bits per heavy atom. The molecule has 1 N–H and O–H groups in total. The van der Waals surface area contributed by atoms with Crippen molar-refractivity contribution in [2.24, 2.45) is 0 Å². The number of halogens is 2. The molecule has 34 heavy (non-hydrogen) atoms. The summed E-state index contributed by atoms with van der Waals surface area (Å²) in [6, 6.07) is 17.8. The van der Waals surface area contributed by atoms with Gasteiger partial charge in [0.25, 0.3) is 0 Å². The van der Waals surface area contributed by atoms with Crippen molar-refractivity contribution >= 4 is 11.8 Å². The van der Waals surface area contributed by atoms with Gasteiger partial charge in [0.05, 0.1) is 18.4 Å². The van der Waals surface area contributed by atoms with Gasteiger partial charge in [0.1, 0.15) is 17.7 Å². The molecule has 1 unspecified atom stereocenters. The van der Waals surface area contributed by atoms with Gasteiger partial charge in [-0.25, -0.2) is 8.78 Å². The van der Waals surface area contributed by atoms with Gasteiger partial charge in [0, 0.05) is 5.75 Å². The van der Waals surface area contributed by atoms with Crippen LogP contribution in [0.25, 0.3) is 5.69 Å². The number of aryl methyl sites for hydroxylation is 2. The number of hydrogen-bond donors (Lipinski definition) is 1. The van der Waals surface area contributed by atoms with Gasteiger partial charge < -0.3 is 9.84 Å². The summed E-state index contributed by atoms with van der Waals surface area (Å²) in [5.41, 5.74) is 4.46. The van der Waals surface area contributed by atoms with E-state index in [1.807, 2.05) is 26.0 Å². The quantitative estimate of drug-likeness (QED) is 0.345. The van der Waals surface area contributed by atoms with Crippen molar-refractivity contribution in [3.63, 3.8) is 0 Å². The standard InChI is InChI=1S/C25H24F2N4O2S/c1-16-3-12-23(17(2)13-16)31-25(28-29-30-31)34-15-22(32)14-33-24(18-4-8-20(26)9-5-18)19-6-10-21(27)11-7-19/h3-13,22,24,32H,14-15H2,1-2H3. The monoisotopic (exact) mass is 482 g/mol. The Kier molecular flexibility index (Phi) is 7.66. The molecule has 4 rings (SSSR count). The van der Waals surface area contributed by atoms with Gasteiger partial charge in [0.15, 0.2) is 0 Å². The van der Waals surface area contributed by atoms with E-state index in [9.17, 15) is 13.9 Å². The second-order valence-corrected chi connectivity index (χ2v) is 8.93. The Bertz CT molecular complexity index is 1190. The molecule has 0 aliphatic heterocycles. The predicted molar refractivity (Wildman–Crippen MR) is 126 cm³/mol. The summed E-state index contributed by atoms with van der Waals surface area (Å²) < 4.78 is 34.5. The number of tetrazole rings is 1. The molecule has 0 amide bonds. The molecule has 4 aromatic rings. The molecule has 0 aliphatic carbocycles. The van der Waals surface area contributed by atoms with E-state index in [1.165, 1.54) is 36.0 Å². The van der Waals surface area contributed by atoms with Gasteiger partial charge in [-0.15, -0.1) is 5.10 Å². The number of ether oxygens (including phenoxy) is 1. The third-order valence-corrected chi connectivity index (χ3v) is 6.29. The summed E-state index contributed by atoms with van der Waals surface area (Å²) >= 11 is 1.31. The molecule has 176 valence electrons. The van der Waals surface area contributed by atoms with E-state index < -0.39 is 12.2 Å². The lowest BCUT2D eigenvalue weighted by Gasteiger charge is -2.21. The first-order chi connectivity index (χ1) is 16.4. The van der Waals surface area contributed by atoms with E-state index in [2.05, 4.69) is 21.6 Å². The number of benzene rings is 3. The number of rotatable bonds is 9. The fraction of sp³-hybridized carbons (Fsp3) is 0.240. The van der Waals surface area contributed by atoms with Crippen molar-refractivity contribution in [1.82, 2.24) is 20.2 Å². The molecule has 0 radical (unpaired) electrons. The average molecular weight is 483 g/mol. The topological polar surface area (TPSA) is 73.1 Å². The summed E-state index contributed by atoms with van der Waals surface area (Å²) in [5, 5.41) is 23.1. The fourth-order valence-electron chi connectivity index (χ4n) is 3.55. The highest BCUT2D eigenvalue weighted by Gasteiger charge is 2.19. The van der Waals surface area contributed by atoms with E-state index in [0.29, 0.717) is 22.0 Å². The largest absolute Gasteiger partial charge is 0.390 e. The number of aliphatic hydroxyl groups is 1. The van der Waals surface area contributed by atoms with Crippen molar-refractivity contribution in [1.29, 1.82) is 0 Å². The molecule has 0 saturated heterocycles. The Balaban J connectivity index is 1.42. The van der Waals surface area contributed by atoms with Crippen molar-refractivity contribution in [2.45, 2.75) is 31.2 Å². The van der Waals surface area contributed by atoms with Gasteiger partial charge in [-0.1, -0.05) is 53.7 Å². The minimum absolute atomic E-state index is 0.0115. The van der Waals surface area contributed by atoms with Gasteiger partial charge >= 0.3 is 0 Å². The Hall–Kier alpha value is -3.14. The minimum atomic E-state index is -0.822. The lowest BCUT2D eigenvalue weighted by molar-refractivity contribution is 0.0154. The first-order valence-corrected chi connectivity index (χ1v) is 11.7. The molecule has 0 saturated carbocycles. The maximum absolute atomic E-state index is 13.4. The molecule has 0 aliphatic rings. The third kappa shape index (κ3) is 5.85. The first-order valence-electron chi connectivity index (χ1n) is 10.7. The number of hydrogen-bond acceptors (Lipinski definition) is 6. The molecular formula is C25H24F2N4O2S. The maximum Gasteiger partial charge on any atom is 0.214 e. The highest BCUT2D eigenvalue weighted by atomic mass is 32.2. The van der Waals surface area contributed by atoms with E-state index >= 15 is 0 Å². The van der Waals surface area contributed by atoms with E-state index in [4.69, 9.17) is 4.74 Å². The Morgan fingerprint density at radius 2 is 1.56 bits per heavy atom. The summed E-state index contributed by atoms with van der Waals surface area (Å²) in [6.07, 6.45) is -1.40. The van der Waals surface area contributed by atoms with Gasteiger partial charge in [-0.05, 0) is 71.3 Å². The SMILES string of the molecule is Cc1ccc(-n2nnnc2SCC(O)COC(c2ccc(F)cc2)c2ccc(F)cc2)c(C)c1. The van der Waals surface area contributed by atoms with Crippen molar-refractivity contribution in [3.8, 4) is 5.69 Å². The molecule has 1 atom stereocenters. The summed E-state index contributed by atoms with van der Waals surface area (Å²) in [4.78, 5) is 0. The second kappa shape index (κ2) is 10.9. The number of aliphatic hydroxyl groups excluding tert-OH is 1. The Labute approximate surface area is 200 Å². The Morgan fingerprint density at radius 1 is 0.941 bits per heavy atom. The van der Waals surface area contributed by atoms with Crippen molar-refractivity contribution in [3.05, 3.63) is 101 Å². The van der Waals surface area contributed by atoms with Crippen LogP contribution in [-0.2, 0) is 4.74 Å². The highest BCUT2D eigenvalue weighted by Crippen LogP contribution is 2.28. The zero-order chi connectivity index (χ0) is 24.1. The molecule has 9 heteroatoms.